The molecule has 0 aliphatic heterocycles. The fourth-order valence-electron chi connectivity index (χ4n) is 1.47. The molecule has 2 heteroatoms. The summed E-state index contributed by atoms with van der Waals surface area (Å²) in [4.78, 5) is 11.0. The molecule has 1 saturated carbocycles. The van der Waals surface area contributed by atoms with Gasteiger partial charge < -0.3 is 4.42 Å². The standard InChI is InChI=1S/C11H12O2/c1-2-3-8-6-7-10(12)13-11(8)9-4-5-9/h2,6-7,9H,1,3-5H2. The van der Waals surface area contributed by atoms with Gasteiger partial charge in [0, 0.05) is 12.0 Å². The molecule has 1 fully saturated rings. The van der Waals surface area contributed by atoms with Crippen LogP contribution in [0.1, 0.15) is 30.1 Å². The maximum atomic E-state index is 11.0. The second kappa shape index (κ2) is 3.21. The topological polar surface area (TPSA) is 30.2 Å². The molecule has 1 aliphatic carbocycles. The van der Waals surface area contributed by atoms with Crippen molar-refractivity contribution in [3.05, 3.63) is 46.5 Å². The molecule has 1 heterocycles. The third kappa shape index (κ3) is 1.72. The van der Waals surface area contributed by atoms with E-state index in [1.165, 1.54) is 6.07 Å². The Bertz CT molecular complexity index is 372. The summed E-state index contributed by atoms with van der Waals surface area (Å²) in [7, 11) is 0. The van der Waals surface area contributed by atoms with Crippen LogP contribution >= 0.6 is 0 Å². The minimum atomic E-state index is -0.241. The van der Waals surface area contributed by atoms with Gasteiger partial charge in [0.15, 0.2) is 0 Å². The van der Waals surface area contributed by atoms with Crippen molar-refractivity contribution in [1.82, 2.24) is 0 Å². The van der Waals surface area contributed by atoms with Crippen LogP contribution in [0.4, 0.5) is 0 Å². The Kier molecular flexibility index (Phi) is 2.05. The first kappa shape index (κ1) is 8.30. The van der Waals surface area contributed by atoms with E-state index >= 15 is 0 Å². The molecular formula is C11H12O2. The SMILES string of the molecule is C=CCc1ccc(=O)oc1C1CC1. The average molecular weight is 176 g/mol. The van der Waals surface area contributed by atoms with Crippen LogP contribution < -0.4 is 5.63 Å². The molecule has 0 aromatic carbocycles. The molecule has 2 rings (SSSR count). The third-order valence-electron chi connectivity index (χ3n) is 2.26. The van der Waals surface area contributed by atoms with E-state index in [0.29, 0.717) is 5.92 Å². The van der Waals surface area contributed by atoms with Gasteiger partial charge in [-0.1, -0.05) is 6.08 Å². The summed E-state index contributed by atoms with van der Waals surface area (Å²) < 4.78 is 5.18. The van der Waals surface area contributed by atoms with Crippen molar-refractivity contribution in [2.75, 3.05) is 0 Å². The molecule has 1 aromatic rings. The van der Waals surface area contributed by atoms with Crippen LogP contribution in [0.15, 0.2) is 34.0 Å². The molecule has 68 valence electrons. The van der Waals surface area contributed by atoms with E-state index in [4.69, 9.17) is 4.42 Å². The van der Waals surface area contributed by atoms with Crippen molar-refractivity contribution in [1.29, 1.82) is 0 Å². The minimum absolute atomic E-state index is 0.241. The first-order valence-electron chi connectivity index (χ1n) is 4.55. The van der Waals surface area contributed by atoms with Crippen LogP contribution in [0.3, 0.4) is 0 Å². The van der Waals surface area contributed by atoms with Gasteiger partial charge in [0.1, 0.15) is 5.76 Å². The summed E-state index contributed by atoms with van der Waals surface area (Å²) in [6.45, 7) is 3.68. The lowest BCUT2D eigenvalue weighted by atomic mass is 10.1. The predicted molar refractivity (Wildman–Crippen MR) is 50.9 cm³/mol. The van der Waals surface area contributed by atoms with Crippen molar-refractivity contribution in [3.8, 4) is 0 Å². The van der Waals surface area contributed by atoms with E-state index in [-0.39, 0.29) is 5.63 Å². The molecule has 0 saturated heterocycles. The van der Waals surface area contributed by atoms with E-state index in [1.807, 2.05) is 12.1 Å². The Morgan fingerprint density at radius 1 is 1.54 bits per heavy atom. The number of hydrogen-bond acceptors (Lipinski definition) is 2. The van der Waals surface area contributed by atoms with Crippen molar-refractivity contribution in [3.63, 3.8) is 0 Å². The van der Waals surface area contributed by atoms with Crippen molar-refractivity contribution in [2.45, 2.75) is 25.2 Å². The minimum Gasteiger partial charge on any atom is -0.427 e. The van der Waals surface area contributed by atoms with Gasteiger partial charge in [0.05, 0.1) is 0 Å². The summed E-state index contributed by atoms with van der Waals surface area (Å²) in [5.41, 5.74) is 0.867. The second-order valence-electron chi connectivity index (χ2n) is 3.41. The molecule has 13 heavy (non-hydrogen) atoms. The molecule has 0 spiro atoms. The Labute approximate surface area is 76.9 Å². The zero-order chi connectivity index (χ0) is 9.26. The molecular weight excluding hydrogens is 164 g/mol. The van der Waals surface area contributed by atoms with Crippen LogP contribution in [0.2, 0.25) is 0 Å². The summed E-state index contributed by atoms with van der Waals surface area (Å²) >= 11 is 0. The van der Waals surface area contributed by atoms with Gasteiger partial charge >= 0.3 is 5.63 Å². The van der Waals surface area contributed by atoms with Gasteiger partial charge in [0.2, 0.25) is 0 Å². The summed E-state index contributed by atoms with van der Waals surface area (Å²) in [6, 6.07) is 3.33. The monoisotopic (exact) mass is 176 g/mol. The molecule has 0 unspecified atom stereocenters. The van der Waals surface area contributed by atoms with Crippen LogP contribution in [0, 0.1) is 0 Å². The van der Waals surface area contributed by atoms with Gasteiger partial charge in [-0.2, -0.15) is 0 Å². The van der Waals surface area contributed by atoms with Crippen molar-refractivity contribution >= 4 is 0 Å². The zero-order valence-electron chi connectivity index (χ0n) is 7.45. The second-order valence-corrected chi connectivity index (χ2v) is 3.41. The van der Waals surface area contributed by atoms with E-state index in [9.17, 15) is 4.79 Å². The van der Waals surface area contributed by atoms with E-state index in [2.05, 4.69) is 6.58 Å². The Morgan fingerprint density at radius 3 is 2.92 bits per heavy atom. The Morgan fingerprint density at radius 2 is 2.31 bits per heavy atom. The lowest BCUT2D eigenvalue weighted by molar-refractivity contribution is 0.455. The summed E-state index contributed by atoms with van der Waals surface area (Å²) in [6.07, 6.45) is 4.92. The smallest absolute Gasteiger partial charge is 0.335 e. The maximum Gasteiger partial charge on any atom is 0.335 e. The molecule has 1 aliphatic rings. The fourth-order valence-corrected chi connectivity index (χ4v) is 1.47. The molecule has 0 amide bonds. The summed E-state index contributed by atoms with van der Waals surface area (Å²) in [5.74, 6) is 1.37. The average Bonchev–Trinajstić information content (AvgIpc) is 2.91. The fraction of sp³-hybridized carbons (Fsp3) is 0.364. The van der Waals surface area contributed by atoms with Gasteiger partial charge in [-0.15, -0.1) is 6.58 Å². The quantitative estimate of drug-likeness (QED) is 0.661. The van der Waals surface area contributed by atoms with Gasteiger partial charge in [-0.25, -0.2) is 4.79 Å². The molecule has 0 atom stereocenters. The first-order valence-corrected chi connectivity index (χ1v) is 4.55. The predicted octanol–water partition coefficient (Wildman–Crippen LogP) is 2.25. The number of rotatable bonds is 3. The summed E-state index contributed by atoms with van der Waals surface area (Å²) in [5, 5.41) is 0. The highest BCUT2D eigenvalue weighted by Crippen LogP contribution is 2.41. The maximum absolute atomic E-state index is 11.0. The molecule has 1 aromatic heterocycles. The van der Waals surface area contributed by atoms with Crippen LogP contribution in [-0.4, -0.2) is 0 Å². The largest absolute Gasteiger partial charge is 0.427 e. The van der Waals surface area contributed by atoms with Crippen molar-refractivity contribution < 1.29 is 4.42 Å². The zero-order valence-corrected chi connectivity index (χ0v) is 7.45. The van der Waals surface area contributed by atoms with E-state index in [1.54, 1.807) is 0 Å². The van der Waals surface area contributed by atoms with Crippen molar-refractivity contribution in [2.24, 2.45) is 0 Å². The Hall–Kier alpha value is -1.31. The number of allylic oxidation sites excluding steroid dienone is 1. The lowest BCUT2D eigenvalue weighted by Gasteiger charge is -2.02. The molecule has 0 radical (unpaired) electrons. The van der Waals surface area contributed by atoms with Gasteiger partial charge in [-0.05, 0) is 30.9 Å². The number of hydrogen-bond donors (Lipinski definition) is 0. The highest BCUT2D eigenvalue weighted by Gasteiger charge is 2.28. The highest BCUT2D eigenvalue weighted by molar-refractivity contribution is 5.25. The highest BCUT2D eigenvalue weighted by atomic mass is 16.4. The van der Waals surface area contributed by atoms with E-state index in [0.717, 1.165) is 30.6 Å². The van der Waals surface area contributed by atoms with Crippen LogP contribution in [0.25, 0.3) is 0 Å². The first-order chi connectivity index (χ1) is 6.31. The third-order valence-corrected chi connectivity index (χ3v) is 2.26. The van der Waals surface area contributed by atoms with Gasteiger partial charge in [-0.3, -0.25) is 0 Å². The molecule has 0 N–H and O–H groups in total. The Balaban J connectivity index is 2.41. The van der Waals surface area contributed by atoms with E-state index < -0.39 is 0 Å². The van der Waals surface area contributed by atoms with Crippen LogP contribution in [0.5, 0.6) is 0 Å². The van der Waals surface area contributed by atoms with Gasteiger partial charge in [0.25, 0.3) is 0 Å². The normalized spacial score (nSPS) is 15.7. The van der Waals surface area contributed by atoms with Crippen LogP contribution in [-0.2, 0) is 6.42 Å². The molecule has 2 nitrogen and oxygen atoms in total. The molecule has 0 bridgehead atoms. The lowest BCUT2D eigenvalue weighted by Crippen LogP contribution is -2.01.